The summed E-state index contributed by atoms with van der Waals surface area (Å²) in [5.74, 6) is -0.667. The van der Waals surface area contributed by atoms with Crippen LogP contribution in [0.5, 0.6) is 0 Å². The quantitative estimate of drug-likeness (QED) is 0.123. The molecular weight excluding hydrogens is 466 g/mol. The molecule has 7 heteroatoms. The average Bonchev–Trinajstić information content (AvgIpc) is 2.89. The Labute approximate surface area is 226 Å². The molecule has 0 aromatic rings. The third-order valence-electron chi connectivity index (χ3n) is 6.67. The van der Waals surface area contributed by atoms with E-state index in [1.54, 1.807) is 0 Å². The topological polar surface area (TPSA) is 82.1 Å². The van der Waals surface area contributed by atoms with E-state index in [1.807, 2.05) is 0 Å². The van der Waals surface area contributed by atoms with Crippen LogP contribution in [0.2, 0.25) is 0 Å². The van der Waals surface area contributed by atoms with Gasteiger partial charge in [0, 0.05) is 39.3 Å². The van der Waals surface area contributed by atoms with E-state index in [0.29, 0.717) is 6.61 Å². The summed E-state index contributed by atoms with van der Waals surface area (Å²) in [6, 6.07) is -0.872. The van der Waals surface area contributed by atoms with Crippen LogP contribution >= 0.6 is 0 Å². The zero-order valence-corrected chi connectivity index (χ0v) is 23.5. The monoisotopic (exact) mass is 520 g/mol. The number of aliphatic hydroxyl groups is 1. The Morgan fingerprint density at radius 2 is 1.46 bits per heavy atom. The van der Waals surface area contributed by atoms with Crippen LogP contribution in [0.1, 0.15) is 90.4 Å². The van der Waals surface area contributed by atoms with Crippen molar-refractivity contribution in [2.45, 2.75) is 96.4 Å². The highest BCUT2D eigenvalue weighted by Crippen LogP contribution is 2.09. The summed E-state index contributed by atoms with van der Waals surface area (Å²) < 4.78 is 5.29. The van der Waals surface area contributed by atoms with Gasteiger partial charge in [0.05, 0.1) is 13.2 Å². The number of nitrogens with one attached hydrogen (secondary N) is 1. The van der Waals surface area contributed by atoms with Gasteiger partial charge < -0.3 is 20.1 Å². The second-order valence-corrected chi connectivity index (χ2v) is 10.1. The molecule has 1 heterocycles. The maximum Gasteiger partial charge on any atom is 0.328 e. The van der Waals surface area contributed by atoms with Crippen LogP contribution in [0, 0.1) is 6.92 Å². The summed E-state index contributed by atoms with van der Waals surface area (Å²) in [4.78, 5) is 28.8. The normalized spacial score (nSPS) is 16.0. The molecule has 0 aromatic carbocycles. The van der Waals surface area contributed by atoms with E-state index >= 15 is 0 Å². The molecule has 0 spiro atoms. The molecule has 1 aliphatic rings. The number of unbranched alkanes of at least 4 members (excludes halogenated alkanes) is 9. The lowest BCUT2D eigenvalue weighted by Gasteiger charge is -2.34. The van der Waals surface area contributed by atoms with Gasteiger partial charge in [-0.1, -0.05) is 69.8 Å². The molecule has 1 fully saturated rings. The Morgan fingerprint density at radius 3 is 2.11 bits per heavy atom. The number of allylic oxidation sites excluding steroid dienone is 4. The number of carbonyl (C=O) groups excluding carboxylic acids is 2. The Kier molecular flexibility index (Phi) is 21.1. The van der Waals surface area contributed by atoms with Crippen LogP contribution in [0.15, 0.2) is 24.3 Å². The third-order valence-corrected chi connectivity index (χ3v) is 6.67. The molecule has 7 nitrogen and oxygen atoms in total. The number of piperazine rings is 1. The number of amides is 1. The van der Waals surface area contributed by atoms with Crippen molar-refractivity contribution in [3.63, 3.8) is 0 Å². The summed E-state index contributed by atoms with van der Waals surface area (Å²) in [6.07, 6.45) is 24.0. The first-order valence-electron chi connectivity index (χ1n) is 14.7. The molecule has 37 heavy (non-hydrogen) atoms. The van der Waals surface area contributed by atoms with Gasteiger partial charge in [0.2, 0.25) is 5.91 Å². The predicted molar refractivity (Wildman–Crippen MR) is 152 cm³/mol. The minimum absolute atomic E-state index is 0.200. The fraction of sp³-hybridized carbons (Fsp3) is 0.767. The molecule has 213 valence electrons. The van der Waals surface area contributed by atoms with Crippen LogP contribution < -0.4 is 5.32 Å². The van der Waals surface area contributed by atoms with Crippen molar-refractivity contribution in [3.8, 4) is 0 Å². The number of carbonyl (C=O) groups is 2. The van der Waals surface area contributed by atoms with E-state index in [4.69, 9.17) is 9.84 Å². The zero-order chi connectivity index (χ0) is 27.0. The van der Waals surface area contributed by atoms with Crippen molar-refractivity contribution in [2.75, 3.05) is 52.5 Å². The summed E-state index contributed by atoms with van der Waals surface area (Å²) in [6.45, 7) is 11.1. The number of ether oxygens (including phenoxy) is 1. The lowest BCUT2D eigenvalue weighted by molar-refractivity contribution is -0.146. The van der Waals surface area contributed by atoms with Crippen LogP contribution in [0.25, 0.3) is 0 Å². The van der Waals surface area contributed by atoms with Crippen LogP contribution in [0.4, 0.5) is 0 Å². The highest BCUT2D eigenvalue weighted by Gasteiger charge is 2.21. The van der Waals surface area contributed by atoms with Crippen molar-refractivity contribution >= 4 is 11.9 Å². The molecule has 1 radical (unpaired) electrons. The molecule has 0 aromatic heterocycles. The van der Waals surface area contributed by atoms with E-state index < -0.39 is 12.0 Å². The molecular formula is C30H54N3O4. The van der Waals surface area contributed by atoms with Gasteiger partial charge in [0.15, 0.2) is 0 Å². The highest BCUT2D eigenvalue weighted by atomic mass is 16.5. The van der Waals surface area contributed by atoms with Crippen molar-refractivity contribution in [3.05, 3.63) is 31.2 Å². The zero-order valence-electron chi connectivity index (χ0n) is 23.5. The number of hydrogen-bond donors (Lipinski definition) is 2. The van der Waals surface area contributed by atoms with Gasteiger partial charge in [-0.05, 0) is 51.9 Å². The molecule has 0 bridgehead atoms. The molecule has 0 aliphatic carbocycles. The molecule has 2 N–H and O–H groups in total. The van der Waals surface area contributed by atoms with Gasteiger partial charge in [-0.25, -0.2) is 4.79 Å². The molecule has 0 saturated carbocycles. The first kappa shape index (κ1) is 33.3. The summed E-state index contributed by atoms with van der Waals surface area (Å²) in [5, 5.41) is 11.6. The Bertz CT molecular complexity index is 630. The summed E-state index contributed by atoms with van der Waals surface area (Å²) in [5.41, 5.74) is 0. The number of esters is 1. The first-order chi connectivity index (χ1) is 18.1. The van der Waals surface area contributed by atoms with Gasteiger partial charge in [-0.3, -0.25) is 9.69 Å². The van der Waals surface area contributed by atoms with Crippen molar-refractivity contribution in [2.24, 2.45) is 0 Å². The highest BCUT2D eigenvalue weighted by molar-refractivity contribution is 5.85. The fourth-order valence-corrected chi connectivity index (χ4v) is 4.33. The largest absolute Gasteiger partial charge is 0.464 e. The lowest BCUT2D eigenvalue weighted by atomic mass is 10.1. The van der Waals surface area contributed by atoms with E-state index in [0.717, 1.165) is 71.2 Å². The van der Waals surface area contributed by atoms with Crippen LogP contribution in [0.3, 0.4) is 0 Å². The smallest absolute Gasteiger partial charge is 0.328 e. The molecule has 1 rings (SSSR count). The molecule has 0 unspecified atom stereocenters. The second-order valence-electron chi connectivity index (χ2n) is 10.1. The number of rotatable bonds is 22. The Hall–Kier alpha value is -1.70. The van der Waals surface area contributed by atoms with Gasteiger partial charge in [-0.2, -0.15) is 0 Å². The second kappa shape index (κ2) is 23.4. The van der Waals surface area contributed by atoms with Crippen molar-refractivity contribution in [1.29, 1.82) is 0 Å². The van der Waals surface area contributed by atoms with Crippen LogP contribution in [-0.2, 0) is 14.3 Å². The third kappa shape index (κ3) is 19.1. The summed E-state index contributed by atoms with van der Waals surface area (Å²) in [7, 11) is 0. The number of hydrogen-bond acceptors (Lipinski definition) is 6. The fourth-order valence-electron chi connectivity index (χ4n) is 4.33. The van der Waals surface area contributed by atoms with E-state index in [1.165, 1.54) is 44.9 Å². The average molecular weight is 521 g/mol. The van der Waals surface area contributed by atoms with Gasteiger partial charge in [-0.15, -0.1) is 0 Å². The van der Waals surface area contributed by atoms with Crippen LogP contribution in [-0.4, -0.2) is 85.3 Å². The molecule has 1 amide bonds. The van der Waals surface area contributed by atoms with E-state index in [2.05, 4.69) is 53.3 Å². The molecule has 1 aliphatic heterocycles. The van der Waals surface area contributed by atoms with Crippen molar-refractivity contribution in [1.82, 2.24) is 15.1 Å². The Morgan fingerprint density at radius 1 is 0.865 bits per heavy atom. The first-order valence-corrected chi connectivity index (χ1v) is 14.7. The summed E-state index contributed by atoms with van der Waals surface area (Å²) >= 11 is 0. The number of nitrogens with zero attached hydrogens (tertiary/aromatic N) is 2. The standard InChI is InChI=1S/C30H54N3O4/c1-3-4-5-6-7-8-9-10-11-12-13-14-15-16-17-18-26-37-30(36)28(2)31-29(35)27-33-23-21-32(22-24-33)20-19-25-34/h7-8,10-11,28,34H,2-6,9,12-27H2,1H3,(H,31,35)/b8-7-,11-10-/t28-/m0/s1. The SMILES string of the molecule is [CH2][C@H](NC(=O)CN1CCN(CCCO)CC1)C(=O)OCCCCCCCC/C=C\C/C=C\CCCCC. The molecule has 1 atom stereocenters. The van der Waals surface area contributed by atoms with Gasteiger partial charge >= 0.3 is 5.97 Å². The molecule has 1 saturated heterocycles. The minimum atomic E-state index is -0.872. The Balaban J connectivity index is 1.94. The predicted octanol–water partition coefficient (Wildman–Crippen LogP) is 4.66. The number of aliphatic hydroxyl groups excluding tert-OH is 1. The van der Waals surface area contributed by atoms with Crippen molar-refractivity contribution < 1.29 is 19.4 Å². The van der Waals surface area contributed by atoms with E-state index in [-0.39, 0.29) is 19.1 Å². The minimum Gasteiger partial charge on any atom is -0.464 e. The lowest BCUT2D eigenvalue weighted by Crippen LogP contribution is -2.51. The maximum absolute atomic E-state index is 12.3. The van der Waals surface area contributed by atoms with Gasteiger partial charge in [0.1, 0.15) is 6.04 Å². The van der Waals surface area contributed by atoms with E-state index in [9.17, 15) is 9.59 Å². The maximum atomic E-state index is 12.3. The van der Waals surface area contributed by atoms with Gasteiger partial charge in [0.25, 0.3) is 0 Å².